The molecule has 9 heavy (non-hydrogen) atoms. The van der Waals surface area contributed by atoms with E-state index in [1.165, 1.54) is 0 Å². The average molecular weight is 158 g/mol. The maximum Gasteiger partial charge on any atom is 0.414 e. The van der Waals surface area contributed by atoms with E-state index < -0.39 is 27.6 Å². The van der Waals surface area contributed by atoms with Gasteiger partial charge in [-0.1, -0.05) is 0 Å². The summed E-state index contributed by atoms with van der Waals surface area (Å²) in [5, 5.41) is 14.6. The normalized spacial score (nSPS) is 11.4. The number of aliphatic hydroxyl groups is 2. The van der Waals surface area contributed by atoms with E-state index in [1.54, 1.807) is 0 Å². The molecule has 0 heterocycles. The topological polar surface area (TPSA) is 40.5 Å². The lowest BCUT2D eigenvalue weighted by Gasteiger charge is -2.04. The van der Waals surface area contributed by atoms with Gasteiger partial charge < -0.3 is 10.2 Å². The molecule has 6 heteroatoms. The van der Waals surface area contributed by atoms with Gasteiger partial charge in [-0.25, -0.2) is 0 Å². The smallest absolute Gasteiger partial charge is 0.414 e. The minimum Gasteiger partial charge on any atom is -0.481 e. The molecule has 0 radical (unpaired) electrons. The van der Waals surface area contributed by atoms with E-state index >= 15 is 0 Å². The molecular formula is C3H5F3O2Si. The highest BCUT2D eigenvalue weighted by molar-refractivity contribution is 6.22. The summed E-state index contributed by atoms with van der Waals surface area (Å²) in [4.78, 5) is 0. The molecule has 0 aromatic rings. The highest BCUT2D eigenvalue weighted by Gasteiger charge is 2.33. The minimum absolute atomic E-state index is 0.413. The van der Waals surface area contributed by atoms with Crippen molar-refractivity contribution in [3.05, 3.63) is 11.1 Å². The predicted molar refractivity (Wildman–Crippen MR) is 28.3 cm³/mol. The largest absolute Gasteiger partial charge is 0.481 e. The number of alkyl halides is 3. The molecule has 0 aliphatic heterocycles. The van der Waals surface area contributed by atoms with Crippen molar-refractivity contribution in [1.29, 1.82) is 0 Å². The molecule has 0 bridgehead atoms. The summed E-state index contributed by atoms with van der Waals surface area (Å²) in [7, 11) is -0.413. The maximum absolute atomic E-state index is 11.4. The Morgan fingerprint density at radius 2 is 1.56 bits per heavy atom. The zero-order valence-corrected chi connectivity index (χ0v) is 6.53. The predicted octanol–water partition coefficient (Wildman–Crippen LogP) is 0.199. The highest BCUT2D eigenvalue weighted by Crippen LogP contribution is 2.23. The molecule has 0 unspecified atom stereocenters. The SMILES string of the molecule is OC(O)=C([SiH3])C(F)(F)F. The minimum atomic E-state index is -4.58. The number of halogens is 3. The molecule has 0 fully saturated rings. The van der Waals surface area contributed by atoms with Crippen LogP contribution in [0.4, 0.5) is 13.2 Å². The molecule has 2 nitrogen and oxygen atoms in total. The summed E-state index contributed by atoms with van der Waals surface area (Å²) < 4.78 is 34.1. The van der Waals surface area contributed by atoms with Crippen molar-refractivity contribution in [3.8, 4) is 0 Å². The monoisotopic (exact) mass is 158 g/mol. The Morgan fingerprint density at radius 1 is 1.22 bits per heavy atom. The molecule has 0 aromatic carbocycles. The molecule has 0 aliphatic carbocycles. The first kappa shape index (κ1) is 8.35. The van der Waals surface area contributed by atoms with Gasteiger partial charge in [-0.3, -0.25) is 0 Å². The van der Waals surface area contributed by atoms with Crippen LogP contribution in [-0.2, 0) is 0 Å². The zero-order valence-electron chi connectivity index (χ0n) is 4.53. The summed E-state index contributed by atoms with van der Waals surface area (Å²) in [5.74, 6) is -1.62. The highest BCUT2D eigenvalue weighted by atomic mass is 28.1. The van der Waals surface area contributed by atoms with E-state index in [0.29, 0.717) is 0 Å². The standard InChI is InChI=1S/C3H5F3O2Si/c4-3(5,6)1(9)2(7)8/h7-8H,9H3. The van der Waals surface area contributed by atoms with Crippen LogP contribution in [0.5, 0.6) is 0 Å². The molecule has 0 saturated carbocycles. The lowest BCUT2D eigenvalue weighted by atomic mass is 10.6. The zero-order chi connectivity index (χ0) is 7.65. The van der Waals surface area contributed by atoms with E-state index in [0.717, 1.165) is 0 Å². The molecule has 2 N–H and O–H groups in total. The fourth-order valence-corrected chi connectivity index (χ4v) is 0.127. The van der Waals surface area contributed by atoms with Gasteiger partial charge in [0.15, 0.2) is 0 Å². The number of allylic oxidation sites excluding steroid dienone is 1. The van der Waals surface area contributed by atoms with Crippen molar-refractivity contribution < 1.29 is 23.4 Å². The fourth-order valence-electron chi connectivity index (χ4n) is 0.127. The van der Waals surface area contributed by atoms with Crippen LogP contribution in [0.15, 0.2) is 11.1 Å². The number of aliphatic hydroxyl groups excluding tert-OH is 1. The van der Waals surface area contributed by atoms with Gasteiger partial charge in [0.1, 0.15) is 0 Å². The van der Waals surface area contributed by atoms with Crippen LogP contribution >= 0.6 is 0 Å². The Balaban J connectivity index is 4.40. The first-order valence-corrected chi connectivity index (χ1v) is 3.01. The number of hydrogen-bond acceptors (Lipinski definition) is 2. The van der Waals surface area contributed by atoms with Crippen molar-refractivity contribution in [2.24, 2.45) is 0 Å². The van der Waals surface area contributed by atoms with Gasteiger partial charge in [0, 0.05) is 0 Å². The van der Waals surface area contributed by atoms with Crippen molar-refractivity contribution in [3.63, 3.8) is 0 Å². The van der Waals surface area contributed by atoms with E-state index in [2.05, 4.69) is 0 Å². The Labute approximate surface area is 52.0 Å². The third-order valence-electron chi connectivity index (χ3n) is 0.761. The summed E-state index contributed by atoms with van der Waals surface area (Å²) >= 11 is 0. The molecule has 0 amide bonds. The van der Waals surface area contributed by atoms with Crippen LogP contribution in [0.25, 0.3) is 0 Å². The van der Waals surface area contributed by atoms with Gasteiger partial charge in [0.05, 0.1) is 15.4 Å². The second-order valence-corrected chi connectivity index (χ2v) is 2.45. The molecule has 0 atom stereocenters. The van der Waals surface area contributed by atoms with E-state index in [1.807, 2.05) is 0 Å². The molecule has 0 aliphatic rings. The summed E-state index contributed by atoms with van der Waals surface area (Å²) in [6.07, 6.45) is -4.58. The summed E-state index contributed by atoms with van der Waals surface area (Å²) in [6.45, 7) is 0. The molecule has 0 spiro atoms. The molecule has 0 aromatic heterocycles. The lowest BCUT2D eigenvalue weighted by Crippen LogP contribution is -2.14. The van der Waals surface area contributed by atoms with Crippen LogP contribution in [0, 0.1) is 0 Å². The average Bonchev–Trinajstić information content (AvgIpc) is 1.62. The molecular weight excluding hydrogens is 153 g/mol. The summed E-state index contributed by atoms with van der Waals surface area (Å²) in [6, 6.07) is 0. The van der Waals surface area contributed by atoms with Crippen LogP contribution < -0.4 is 0 Å². The maximum atomic E-state index is 11.4. The Morgan fingerprint density at radius 3 is 1.56 bits per heavy atom. The van der Waals surface area contributed by atoms with Gasteiger partial charge in [0.25, 0.3) is 5.95 Å². The van der Waals surface area contributed by atoms with E-state index in [9.17, 15) is 13.2 Å². The van der Waals surface area contributed by atoms with Crippen molar-refractivity contribution in [2.45, 2.75) is 6.18 Å². The number of hydrogen-bond donors (Lipinski definition) is 2. The Kier molecular flexibility index (Phi) is 2.13. The van der Waals surface area contributed by atoms with Gasteiger partial charge in [-0.15, -0.1) is 0 Å². The lowest BCUT2D eigenvalue weighted by molar-refractivity contribution is -0.0905. The van der Waals surface area contributed by atoms with Crippen LogP contribution in [0.2, 0.25) is 0 Å². The summed E-state index contributed by atoms with van der Waals surface area (Å²) in [5.41, 5.74) is 0. The second kappa shape index (κ2) is 2.30. The first-order chi connectivity index (χ1) is 3.85. The second-order valence-electron chi connectivity index (χ2n) is 1.45. The Bertz CT molecular complexity index is 134. The van der Waals surface area contributed by atoms with Crippen molar-refractivity contribution >= 4 is 10.2 Å². The quantitative estimate of drug-likeness (QED) is 0.390. The number of rotatable bonds is 0. The molecule has 54 valence electrons. The third kappa shape index (κ3) is 2.40. The van der Waals surface area contributed by atoms with E-state index in [-0.39, 0.29) is 0 Å². The van der Waals surface area contributed by atoms with Gasteiger partial charge in [-0.2, -0.15) is 13.2 Å². The first-order valence-electron chi connectivity index (χ1n) is 2.01. The Hall–Kier alpha value is -0.653. The van der Waals surface area contributed by atoms with Crippen molar-refractivity contribution in [2.75, 3.05) is 0 Å². The third-order valence-corrected chi connectivity index (χ3v) is 1.77. The van der Waals surface area contributed by atoms with Gasteiger partial charge in [-0.05, 0) is 0 Å². The van der Waals surface area contributed by atoms with Crippen LogP contribution in [-0.4, -0.2) is 26.6 Å². The fraction of sp³-hybridized carbons (Fsp3) is 0.333. The molecule has 0 rings (SSSR count). The van der Waals surface area contributed by atoms with Crippen LogP contribution in [0.1, 0.15) is 0 Å². The van der Waals surface area contributed by atoms with E-state index in [4.69, 9.17) is 10.2 Å². The molecule has 0 saturated heterocycles. The van der Waals surface area contributed by atoms with Gasteiger partial charge in [0.2, 0.25) is 0 Å². The van der Waals surface area contributed by atoms with Crippen LogP contribution in [0.3, 0.4) is 0 Å². The van der Waals surface area contributed by atoms with Gasteiger partial charge >= 0.3 is 6.18 Å². The van der Waals surface area contributed by atoms with Crippen molar-refractivity contribution in [1.82, 2.24) is 0 Å².